The summed E-state index contributed by atoms with van der Waals surface area (Å²) in [6.07, 6.45) is 0. The second kappa shape index (κ2) is 12.1. The molecule has 0 radical (unpaired) electrons. The predicted octanol–water partition coefficient (Wildman–Crippen LogP) is 11.3. The Morgan fingerprint density at radius 3 is 1.91 bits per heavy atom. The molecule has 0 saturated carbocycles. The van der Waals surface area contributed by atoms with Crippen molar-refractivity contribution in [1.29, 1.82) is 0 Å². The van der Waals surface area contributed by atoms with Crippen LogP contribution in [0.1, 0.15) is 0 Å². The fourth-order valence-electron chi connectivity index (χ4n) is 8.69. The van der Waals surface area contributed by atoms with Crippen LogP contribution in [0.15, 0.2) is 187 Å². The minimum absolute atomic E-state index is 0.169. The molecule has 12 aromatic rings. The van der Waals surface area contributed by atoms with Crippen molar-refractivity contribution in [3.05, 3.63) is 192 Å². The largest absolute Gasteiger partial charge is 0.299 e. The molecule has 8 aromatic carbocycles. The third-order valence-electron chi connectivity index (χ3n) is 11.3. The second-order valence-electron chi connectivity index (χ2n) is 14.4. The number of nitrogens with zero attached hydrogens (tertiary/aromatic N) is 6. The highest BCUT2D eigenvalue weighted by Gasteiger charge is 2.21. The Morgan fingerprint density at radius 1 is 0.404 bits per heavy atom. The summed E-state index contributed by atoms with van der Waals surface area (Å²) >= 11 is 0. The summed E-state index contributed by atoms with van der Waals surface area (Å²) in [4.78, 5) is 29.7. The maximum Gasteiger partial charge on any atom is 0.299 e. The summed E-state index contributed by atoms with van der Waals surface area (Å²) in [7, 11) is 0. The molecular weight excluding hydrogens is 701 g/mol. The van der Waals surface area contributed by atoms with E-state index in [0.29, 0.717) is 11.6 Å². The molecule has 266 valence electrons. The van der Waals surface area contributed by atoms with Gasteiger partial charge in [-0.05, 0) is 82.6 Å². The van der Waals surface area contributed by atoms with E-state index in [1.165, 1.54) is 0 Å². The van der Waals surface area contributed by atoms with Gasteiger partial charge in [0.25, 0.3) is 5.56 Å². The molecule has 0 spiro atoms. The summed E-state index contributed by atoms with van der Waals surface area (Å²) in [6.45, 7) is 0. The van der Waals surface area contributed by atoms with Crippen LogP contribution >= 0.6 is 0 Å². The topological polar surface area (TPSA) is 70.0 Å². The SMILES string of the molecule is O=c1c2nc3ccccc3n2c2ccc(-c3ccc4c(c3)c3c5ccccc5ccc3n4-c3nc(-c4ccccc4)c4ccccc4n3)cc2n1-c1ccccc1. The lowest BCUT2D eigenvalue weighted by molar-refractivity contribution is 1.01. The molecule has 0 bridgehead atoms. The summed E-state index contributed by atoms with van der Waals surface area (Å²) in [6, 6.07) is 62.2. The molecule has 4 aromatic heterocycles. The van der Waals surface area contributed by atoms with Gasteiger partial charge in [0, 0.05) is 27.4 Å². The molecule has 0 fully saturated rings. The third kappa shape index (κ3) is 4.66. The number of aromatic nitrogens is 6. The predicted molar refractivity (Wildman–Crippen MR) is 232 cm³/mol. The first-order valence-electron chi connectivity index (χ1n) is 19.0. The number of fused-ring (bicyclic) bond motifs is 11. The molecular formula is C50H30N6O. The van der Waals surface area contributed by atoms with Crippen molar-refractivity contribution in [2.75, 3.05) is 0 Å². The van der Waals surface area contributed by atoms with Crippen molar-refractivity contribution in [2.45, 2.75) is 0 Å². The lowest BCUT2D eigenvalue weighted by atomic mass is 9.99. The van der Waals surface area contributed by atoms with Gasteiger partial charge in [0.2, 0.25) is 11.6 Å². The van der Waals surface area contributed by atoms with Gasteiger partial charge in [0.1, 0.15) is 0 Å². The van der Waals surface area contributed by atoms with Crippen molar-refractivity contribution in [3.8, 4) is 34.0 Å². The van der Waals surface area contributed by atoms with Crippen LogP contribution < -0.4 is 5.56 Å². The van der Waals surface area contributed by atoms with E-state index in [2.05, 4.69) is 102 Å². The summed E-state index contributed by atoms with van der Waals surface area (Å²) in [5, 5.41) is 5.55. The average Bonchev–Trinajstić information content (AvgIpc) is 3.83. The molecule has 0 N–H and O–H groups in total. The number of para-hydroxylation sites is 4. The number of hydrogen-bond donors (Lipinski definition) is 0. The minimum Gasteiger partial charge on any atom is -0.286 e. The number of hydrogen-bond acceptors (Lipinski definition) is 4. The van der Waals surface area contributed by atoms with Gasteiger partial charge in [-0.15, -0.1) is 0 Å². The van der Waals surface area contributed by atoms with Gasteiger partial charge in [0.05, 0.1) is 44.3 Å². The van der Waals surface area contributed by atoms with Crippen LogP contribution in [0.5, 0.6) is 0 Å². The fraction of sp³-hybridized carbons (Fsp3) is 0. The monoisotopic (exact) mass is 730 g/mol. The fourth-order valence-corrected chi connectivity index (χ4v) is 8.69. The van der Waals surface area contributed by atoms with Crippen LogP contribution in [0, 0.1) is 0 Å². The van der Waals surface area contributed by atoms with Crippen LogP contribution in [0.25, 0.3) is 105 Å². The smallest absolute Gasteiger partial charge is 0.286 e. The van der Waals surface area contributed by atoms with Crippen LogP contribution in [0.4, 0.5) is 0 Å². The van der Waals surface area contributed by atoms with Crippen LogP contribution in [-0.4, -0.2) is 28.5 Å². The van der Waals surface area contributed by atoms with E-state index in [1.807, 2.05) is 89.3 Å². The van der Waals surface area contributed by atoms with Crippen molar-refractivity contribution >= 4 is 71.2 Å². The summed E-state index contributed by atoms with van der Waals surface area (Å²) in [5.74, 6) is 0.616. The Balaban J connectivity index is 1.14. The van der Waals surface area contributed by atoms with E-state index in [4.69, 9.17) is 15.0 Å². The molecule has 7 heteroatoms. The highest BCUT2D eigenvalue weighted by Crippen LogP contribution is 2.40. The van der Waals surface area contributed by atoms with E-state index in [9.17, 15) is 4.79 Å². The quantitative estimate of drug-likeness (QED) is 0.181. The number of benzene rings is 8. The van der Waals surface area contributed by atoms with Gasteiger partial charge >= 0.3 is 0 Å². The number of rotatable bonds is 4. The van der Waals surface area contributed by atoms with E-state index < -0.39 is 0 Å². The molecule has 0 saturated heterocycles. The van der Waals surface area contributed by atoms with Gasteiger partial charge in [-0.25, -0.2) is 15.0 Å². The molecule has 12 rings (SSSR count). The average molecular weight is 731 g/mol. The molecule has 57 heavy (non-hydrogen) atoms. The van der Waals surface area contributed by atoms with Crippen molar-refractivity contribution in [1.82, 2.24) is 28.5 Å². The maximum absolute atomic E-state index is 14.4. The molecule has 0 atom stereocenters. The first-order chi connectivity index (χ1) is 28.2. The molecule has 7 nitrogen and oxygen atoms in total. The Hall–Kier alpha value is -7.90. The molecule has 0 aliphatic rings. The Kier molecular flexibility index (Phi) is 6.65. The van der Waals surface area contributed by atoms with Gasteiger partial charge in [-0.1, -0.05) is 121 Å². The summed E-state index contributed by atoms with van der Waals surface area (Å²) < 4.78 is 5.99. The lowest BCUT2D eigenvalue weighted by Crippen LogP contribution is -2.21. The highest BCUT2D eigenvalue weighted by atomic mass is 16.1. The van der Waals surface area contributed by atoms with Crippen LogP contribution in [-0.2, 0) is 0 Å². The summed E-state index contributed by atoms with van der Waals surface area (Å²) in [5.41, 5.74) is 11.3. The van der Waals surface area contributed by atoms with Gasteiger partial charge in [-0.2, -0.15) is 0 Å². The van der Waals surface area contributed by atoms with Crippen molar-refractivity contribution in [2.24, 2.45) is 0 Å². The first kappa shape index (κ1) is 31.5. The highest BCUT2D eigenvalue weighted by molar-refractivity contribution is 6.22. The minimum atomic E-state index is -0.169. The molecule has 0 unspecified atom stereocenters. The van der Waals surface area contributed by atoms with Crippen molar-refractivity contribution < 1.29 is 0 Å². The third-order valence-corrected chi connectivity index (χ3v) is 11.3. The maximum atomic E-state index is 14.4. The van der Waals surface area contributed by atoms with E-state index in [1.54, 1.807) is 4.57 Å². The zero-order valence-electron chi connectivity index (χ0n) is 30.4. The Morgan fingerprint density at radius 2 is 1.07 bits per heavy atom. The van der Waals surface area contributed by atoms with E-state index >= 15 is 0 Å². The van der Waals surface area contributed by atoms with Gasteiger partial charge < -0.3 is 0 Å². The molecule has 4 heterocycles. The Labute approximate surface area is 325 Å². The van der Waals surface area contributed by atoms with Crippen LogP contribution in [0.2, 0.25) is 0 Å². The standard InChI is InChI=1S/C50H30N6O/c57-49-48-51-40-21-11-12-22-42(40)55(48)43-27-25-34(30-45(43)54(49)35-16-5-2-6-17-35)33-24-26-41-38(29-33)46-36-18-8-7-13-31(36)23-28-44(46)56(41)50-52-39-20-10-9-19-37(39)47(53-50)32-14-3-1-4-15-32/h1-30H. The second-order valence-corrected chi connectivity index (χ2v) is 14.4. The van der Waals surface area contributed by atoms with Gasteiger partial charge in [0.15, 0.2) is 0 Å². The molecule has 0 aliphatic carbocycles. The first-order valence-corrected chi connectivity index (χ1v) is 19.0. The van der Waals surface area contributed by atoms with Gasteiger partial charge in [-0.3, -0.25) is 18.3 Å². The Bertz CT molecular complexity index is 3660. The van der Waals surface area contributed by atoms with Crippen molar-refractivity contribution in [3.63, 3.8) is 0 Å². The number of imidazole rings is 1. The zero-order chi connectivity index (χ0) is 37.6. The lowest BCUT2D eigenvalue weighted by Gasteiger charge is -2.14. The molecule has 0 amide bonds. The van der Waals surface area contributed by atoms with Crippen LogP contribution in [0.3, 0.4) is 0 Å². The molecule has 0 aliphatic heterocycles. The van der Waals surface area contributed by atoms with E-state index in [-0.39, 0.29) is 5.56 Å². The zero-order valence-corrected chi connectivity index (χ0v) is 30.4. The van der Waals surface area contributed by atoms with E-state index in [0.717, 1.165) is 93.6 Å². The normalized spacial score (nSPS) is 11.9.